The fourth-order valence-electron chi connectivity index (χ4n) is 1.63. The Bertz CT molecular complexity index is 742. The standard InChI is InChI=1S/C11H12N4O5S/c1-12-10-3-2-9(15(16)17)6-11(10)21(18,19)13-7-8-4-5-20-14-8/h2-6,12-13H,7H2,1H3. The highest BCUT2D eigenvalue weighted by Crippen LogP contribution is 2.26. The van der Waals surface area contributed by atoms with E-state index in [9.17, 15) is 18.5 Å². The van der Waals surface area contributed by atoms with E-state index in [0.717, 1.165) is 6.07 Å². The zero-order valence-electron chi connectivity index (χ0n) is 10.9. The number of non-ortho nitro benzene ring substituents is 1. The van der Waals surface area contributed by atoms with Gasteiger partial charge in [0.05, 0.1) is 22.8 Å². The number of hydrogen-bond acceptors (Lipinski definition) is 7. The molecular weight excluding hydrogens is 300 g/mol. The number of anilines is 1. The summed E-state index contributed by atoms with van der Waals surface area (Å²) in [6.07, 6.45) is 1.32. The summed E-state index contributed by atoms with van der Waals surface area (Å²) >= 11 is 0. The van der Waals surface area contributed by atoms with E-state index in [2.05, 4.69) is 19.7 Å². The van der Waals surface area contributed by atoms with Crippen LogP contribution in [0, 0.1) is 10.1 Å². The average molecular weight is 312 g/mol. The summed E-state index contributed by atoms with van der Waals surface area (Å²) in [5.74, 6) is 0. The number of benzene rings is 1. The Morgan fingerprint density at radius 3 is 2.71 bits per heavy atom. The highest BCUT2D eigenvalue weighted by molar-refractivity contribution is 7.89. The van der Waals surface area contributed by atoms with Crippen molar-refractivity contribution in [1.29, 1.82) is 0 Å². The summed E-state index contributed by atoms with van der Waals surface area (Å²) in [6.45, 7) is -0.0787. The van der Waals surface area contributed by atoms with Gasteiger partial charge in [0.1, 0.15) is 11.2 Å². The van der Waals surface area contributed by atoms with E-state index in [1.807, 2.05) is 0 Å². The Kier molecular flexibility index (Phi) is 4.19. The van der Waals surface area contributed by atoms with Crippen molar-refractivity contribution in [1.82, 2.24) is 9.88 Å². The number of aromatic nitrogens is 1. The van der Waals surface area contributed by atoms with Gasteiger partial charge >= 0.3 is 0 Å². The lowest BCUT2D eigenvalue weighted by molar-refractivity contribution is -0.385. The Labute approximate surface area is 120 Å². The maximum Gasteiger partial charge on any atom is 0.270 e. The fraction of sp³-hybridized carbons (Fsp3) is 0.182. The minimum atomic E-state index is -3.93. The molecule has 0 unspecified atom stereocenters. The number of nitro benzene ring substituents is 1. The minimum Gasteiger partial charge on any atom is -0.387 e. The van der Waals surface area contributed by atoms with Gasteiger partial charge < -0.3 is 9.84 Å². The Balaban J connectivity index is 2.33. The second-order valence-corrected chi connectivity index (χ2v) is 5.74. The molecule has 2 N–H and O–H groups in total. The van der Waals surface area contributed by atoms with Crippen LogP contribution in [0.3, 0.4) is 0 Å². The zero-order chi connectivity index (χ0) is 15.5. The molecule has 0 atom stereocenters. The summed E-state index contributed by atoms with van der Waals surface area (Å²) in [5, 5.41) is 17.0. The van der Waals surface area contributed by atoms with E-state index in [1.165, 1.54) is 31.5 Å². The number of sulfonamides is 1. The molecule has 1 aromatic heterocycles. The number of nitro groups is 1. The predicted octanol–water partition coefficient (Wildman–Crippen LogP) is 1.10. The lowest BCUT2D eigenvalue weighted by Crippen LogP contribution is -2.24. The normalized spacial score (nSPS) is 11.3. The number of nitrogens with zero attached hydrogens (tertiary/aromatic N) is 2. The SMILES string of the molecule is CNc1ccc([N+](=O)[O-])cc1S(=O)(=O)NCc1ccon1. The zero-order valence-corrected chi connectivity index (χ0v) is 11.8. The van der Waals surface area contributed by atoms with Crippen LogP contribution in [0.5, 0.6) is 0 Å². The van der Waals surface area contributed by atoms with Crippen LogP contribution in [-0.4, -0.2) is 25.5 Å². The predicted molar refractivity (Wildman–Crippen MR) is 73.2 cm³/mol. The van der Waals surface area contributed by atoms with Crippen LogP contribution in [0.1, 0.15) is 5.69 Å². The molecule has 1 heterocycles. The lowest BCUT2D eigenvalue weighted by atomic mass is 10.3. The van der Waals surface area contributed by atoms with E-state index < -0.39 is 14.9 Å². The van der Waals surface area contributed by atoms with Crippen LogP contribution in [0.25, 0.3) is 0 Å². The molecule has 0 saturated heterocycles. The molecule has 0 bridgehead atoms. The molecule has 2 rings (SSSR count). The van der Waals surface area contributed by atoms with Crippen molar-refractivity contribution in [3.8, 4) is 0 Å². The first kappa shape index (κ1) is 14.9. The molecule has 9 nitrogen and oxygen atoms in total. The maximum absolute atomic E-state index is 12.2. The van der Waals surface area contributed by atoms with Crippen LogP contribution in [-0.2, 0) is 16.6 Å². The summed E-state index contributed by atoms with van der Waals surface area (Å²) < 4.78 is 31.4. The maximum atomic E-state index is 12.2. The second kappa shape index (κ2) is 5.89. The summed E-state index contributed by atoms with van der Waals surface area (Å²) in [5.41, 5.74) is 0.346. The van der Waals surface area contributed by atoms with Crippen molar-refractivity contribution in [3.05, 3.63) is 46.3 Å². The third kappa shape index (κ3) is 3.35. The smallest absolute Gasteiger partial charge is 0.270 e. The second-order valence-electron chi connectivity index (χ2n) is 4.00. The van der Waals surface area contributed by atoms with E-state index in [-0.39, 0.29) is 22.8 Å². The Morgan fingerprint density at radius 1 is 1.38 bits per heavy atom. The van der Waals surface area contributed by atoms with Crippen molar-refractivity contribution in [2.75, 3.05) is 12.4 Å². The van der Waals surface area contributed by atoms with Gasteiger partial charge in [-0.15, -0.1) is 0 Å². The molecule has 0 aliphatic carbocycles. The topological polar surface area (TPSA) is 127 Å². The number of nitrogens with one attached hydrogen (secondary N) is 2. The van der Waals surface area contributed by atoms with Crippen molar-refractivity contribution >= 4 is 21.4 Å². The van der Waals surface area contributed by atoms with Gasteiger partial charge in [-0.3, -0.25) is 10.1 Å². The molecule has 0 amide bonds. The molecule has 0 spiro atoms. The molecule has 0 aliphatic heterocycles. The summed E-state index contributed by atoms with van der Waals surface area (Å²) in [6, 6.07) is 5.07. The monoisotopic (exact) mass is 312 g/mol. The van der Waals surface area contributed by atoms with Crippen LogP contribution in [0.4, 0.5) is 11.4 Å². The first-order valence-corrected chi connectivity index (χ1v) is 7.27. The van der Waals surface area contributed by atoms with E-state index >= 15 is 0 Å². The van der Waals surface area contributed by atoms with Gasteiger partial charge in [0.25, 0.3) is 5.69 Å². The molecule has 0 saturated carbocycles. The van der Waals surface area contributed by atoms with Gasteiger partial charge in [0.15, 0.2) is 0 Å². The molecule has 112 valence electrons. The third-order valence-corrected chi connectivity index (χ3v) is 4.11. The summed E-state index contributed by atoms with van der Waals surface area (Å²) in [7, 11) is -2.41. The van der Waals surface area contributed by atoms with Gasteiger partial charge in [-0.1, -0.05) is 5.16 Å². The number of rotatable bonds is 6. The number of hydrogen-bond donors (Lipinski definition) is 2. The van der Waals surface area contributed by atoms with Crippen LogP contribution in [0.15, 0.2) is 39.9 Å². The summed E-state index contributed by atoms with van der Waals surface area (Å²) in [4.78, 5) is 9.91. The molecule has 10 heteroatoms. The molecule has 0 radical (unpaired) electrons. The fourth-order valence-corrected chi connectivity index (χ4v) is 2.86. The van der Waals surface area contributed by atoms with Crippen molar-refractivity contribution in [2.45, 2.75) is 11.4 Å². The van der Waals surface area contributed by atoms with Crippen molar-refractivity contribution in [2.24, 2.45) is 0 Å². The van der Waals surface area contributed by atoms with E-state index in [0.29, 0.717) is 5.69 Å². The van der Waals surface area contributed by atoms with Gasteiger partial charge in [-0.2, -0.15) is 0 Å². The first-order chi connectivity index (χ1) is 9.94. The molecule has 0 aliphatic rings. The van der Waals surface area contributed by atoms with Crippen molar-refractivity contribution < 1.29 is 17.9 Å². The van der Waals surface area contributed by atoms with E-state index in [1.54, 1.807) is 0 Å². The molecule has 1 aromatic carbocycles. The molecule has 21 heavy (non-hydrogen) atoms. The molecule has 2 aromatic rings. The first-order valence-electron chi connectivity index (χ1n) is 5.79. The van der Waals surface area contributed by atoms with Crippen LogP contribution >= 0.6 is 0 Å². The van der Waals surface area contributed by atoms with E-state index in [4.69, 9.17) is 0 Å². The highest BCUT2D eigenvalue weighted by Gasteiger charge is 2.22. The molecular formula is C11H12N4O5S. The van der Waals surface area contributed by atoms with Gasteiger partial charge in [0.2, 0.25) is 10.0 Å². The minimum absolute atomic E-state index is 0.0787. The average Bonchev–Trinajstić information content (AvgIpc) is 2.98. The lowest BCUT2D eigenvalue weighted by Gasteiger charge is -2.10. The van der Waals surface area contributed by atoms with Crippen molar-refractivity contribution in [3.63, 3.8) is 0 Å². The highest BCUT2D eigenvalue weighted by atomic mass is 32.2. The van der Waals surface area contributed by atoms with Crippen LogP contribution < -0.4 is 10.0 Å². The van der Waals surface area contributed by atoms with Gasteiger partial charge in [-0.25, -0.2) is 13.1 Å². The van der Waals surface area contributed by atoms with Crippen LogP contribution in [0.2, 0.25) is 0 Å². The largest absolute Gasteiger partial charge is 0.387 e. The molecule has 0 fully saturated rings. The quantitative estimate of drug-likeness (QED) is 0.604. The van der Waals surface area contributed by atoms with Gasteiger partial charge in [-0.05, 0) is 6.07 Å². The third-order valence-electron chi connectivity index (χ3n) is 2.67. The Morgan fingerprint density at radius 2 is 2.14 bits per heavy atom. The van der Waals surface area contributed by atoms with Gasteiger partial charge in [0, 0.05) is 25.2 Å². The Hall–Kier alpha value is -2.46.